The van der Waals surface area contributed by atoms with Gasteiger partial charge in [-0.25, -0.2) is 0 Å². The van der Waals surface area contributed by atoms with Crippen molar-refractivity contribution in [2.45, 2.75) is 19.5 Å². The van der Waals surface area contributed by atoms with Crippen LogP contribution in [0.1, 0.15) is 16.7 Å². The second-order valence-electron chi connectivity index (χ2n) is 4.51. The number of rotatable bonds is 6. The fourth-order valence-corrected chi connectivity index (χ4v) is 1.86. The predicted molar refractivity (Wildman–Crippen MR) is 71.5 cm³/mol. The molecule has 0 radical (unpaired) electrons. The monoisotopic (exact) mass is 259 g/mol. The summed E-state index contributed by atoms with van der Waals surface area (Å²) in [5, 5.41) is 16.1. The van der Waals surface area contributed by atoms with Crippen LogP contribution in [0.15, 0.2) is 36.7 Å². The van der Waals surface area contributed by atoms with Crippen LogP contribution >= 0.6 is 0 Å². The lowest BCUT2D eigenvalue weighted by molar-refractivity contribution is -0.136. The average molecular weight is 259 g/mol. The Balaban J connectivity index is 1.81. The fourth-order valence-electron chi connectivity index (χ4n) is 1.86. The van der Waals surface area contributed by atoms with Crippen molar-refractivity contribution >= 4 is 5.97 Å². The Labute approximate surface area is 111 Å². The Kier molecular flexibility index (Phi) is 4.30. The minimum Gasteiger partial charge on any atom is -0.481 e. The molecule has 0 atom stereocenters. The van der Waals surface area contributed by atoms with Gasteiger partial charge in [0, 0.05) is 31.9 Å². The van der Waals surface area contributed by atoms with E-state index in [-0.39, 0.29) is 6.42 Å². The number of aryl methyl sites for hydroxylation is 1. The van der Waals surface area contributed by atoms with Crippen LogP contribution in [0.2, 0.25) is 0 Å². The van der Waals surface area contributed by atoms with E-state index in [0.29, 0.717) is 0 Å². The number of hydrogen-bond donors (Lipinski definition) is 2. The summed E-state index contributed by atoms with van der Waals surface area (Å²) < 4.78 is 1.78. The summed E-state index contributed by atoms with van der Waals surface area (Å²) in [4.78, 5) is 10.6. The molecule has 0 bridgehead atoms. The molecule has 0 saturated carbocycles. The van der Waals surface area contributed by atoms with E-state index in [4.69, 9.17) is 5.11 Å². The second kappa shape index (κ2) is 6.15. The quantitative estimate of drug-likeness (QED) is 0.821. The molecule has 0 aliphatic rings. The predicted octanol–water partition coefficient (Wildman–Crippen LogP) is 1.34. The van der Waals surface area contributed by atoms with Gasteiger partial charge in [-0.3, -0.25) is 9.48 Å². The summed E-state index contributed by atoms with van der Waals surface area (Å²) in [7, 11) is 1.89. The SMILES string of the molecule is Cn1cc(CNCc2ccc(CC(=O)O)cc2)cn1. The number of aliphatic carboxylic acids is 1. The topological polar surface area (TPSA) is 67.2 Å². The van der Waals surface area contributed by atoms with E-state index in [0.717, 1.165) is 29.8 Å². The molecule has 1 aromatic carbocycles. The van der Waals surface area contributed by atoms with Crippen LogP contribution in [0.5, 0.6) is 0 Å². The number of carbonyl (C=O) groups is 1. The molecule has 2 N–H and O–H groups in total. The lowest BCUT2D eigenvalue weighted by atomic mass is 10.1. The molecule has 0 aliphatic carbocycles. The summed E-state index contributed by atoms with van der Waals surface area (Å²) in [6.07, 6.45) is 3.88. The minimum atomic E-state index is -0.803. The van der Waals surface area contributed by atoms with E-state index in [1.165, 1.54) is 0 Å². The third kappa shape index (κ3) is 4.22. The Morgan fingerprint density at radius 3 is 2.42 bits per heavy atom. The van der Waals surface area contributed by atoms with Crippen LogP contribution in [-0.2, 0) is 31.4 Å². The standard InChI is InChI=1S/C14H17N3O2/c1-17-10-13(9-16-17)8-15-7-12-4-2-11(3-5-12)6-14(18)19/h2-5,9-10,15H,6-8H2,1H3,(H,18,19). The van der Waals surface area contributed by atoms with Crippen LogP contribution in [0.3, 0.4) is 0 Å². The van der Waals surface area contributed by atoms with Gasteiger partial charge >= 0.3 is 5.97 Å². The Bertz CT molecular complexity index is 546. The van der Waals surface area contributed by atoms with Crippen molar-refractivity contribution in [1.82, 2.24) is 15.1 Å². The van der Waals surface area contributed by atoms with Crippen molar-refractivity contribution in [1.29, 1.82) is 0 Å². The van der Waals surface area contributed by atoms with Crippen molar-refractivity contribution < 1.29 is 9.90 Å². The number of aromatic nitrogens is 2. The molecule has 0 spiro atoms. The van der Waals surface area contributed by atoms with Gasteiger partial charge in [0.2, 0.25) is 0 Å². The van der Waals surface area contributed by atoms with Gasteiger partial charge in [0.05, 0.1) is 12.6 Å². The first-order chi connectivity index (χ1) is 9.13. The van der Waals surface area contributed by atoms with Crippen LogP contribution in [-0.4, -0.2) is 20.9 Å². The first-order valence-electron chi connectivity index (χ1n) is 6.11. The molecule has 0 amide bonds. The van der Waals surface area contributed by atoms with E-state index < -0.39 is 5.97 Å². The first kappa shape index (κ1) is 13.3. The molecule has 1 heterocycles. The molecule has 0 aliphatic heterocycles. The van der Waals surface area contributed by atoms with Gasteiger partial charge < -0.3 is 10.4 Å². The second-order valence-corrected chi connectivity index (χ2v) is 4.51. The number of carboxylic acid groups (broad SMARTS) is 1. The van der Waals surface area contributed by atoms with E-state index in [9.17, 15) is 4.79 Å². The highest BCUT2D eigenvalue weighted by Gasteiger charge is 2.00. The van der Waals surface area contributed by atoms with E-state index in [1.807, 2.05) is 43.7 Å². The van der Waals surface area contributed by atoms with Crippen LogP contribution in [0.25, 0.3) is 0 Å². The van der Waals surface area contributed by atoms with Gasteiger partial charge in [0.25, 0.3) is 0 Å². The van der Waals surface area contributed by atoms with E-state index in [1.54, 1.807) is 4.68 Å². The molecule has 5 heteroatoms. The third-order valence-corrected chi connectivity index (χ3v) is 2.79. The van der Waals surface area contributed by atoms with Crippen molar-refractivity contribution in [3.05, 3.63) is 53.3 Å². The lowest BCUT2D eigenvalue weighted by Gasteiger charge is -2.04. The van der Waals surface area contributed by atoms with Gasteiger partial charge in [0.1, 0.15) is 0 Å². The van der Waals surface area contributed by atoms with Gasteiger partial charge in [-0.1, -0.05) is 24.3 Å². The molecule has 19 heavy (non-hydrogen) atoms. The lowest BCUT2D eigenvalue weighted by Crippen LogP contribution is -2.12. The molecule has 0 fully saturated rings. The summed E-state index contributed by atoms with van der Waals surface area (Å²) in [5.41, 5.74) is 3.10. The normalized spacial score (nSPS) is 10.6. The Hall–Kier alpha value is -2.14. The molecule has 0 unspecified atom stereocenters. The highest BCUT2D eigenvalue weighted by Crippen LogP contribution is 2.05. The number of nitrogens with zero attached hydrogens (tertiary/aromatic N) is 2. The van der Waals surface area contributed by atoms with Crippen molar-refractivity contribution in [3.63, 3.8) is 0 Å². The van der Waals surface area contributed by atoms with Crippen LogP contribution in [0.4, 0.5) is 0 Å². The largest absolute Gasteiger partial charge is 0.481 e. The zero-order valence-electron chi connectivity index (χ0n) is 10.8. The molecule has 100 valence electrons. The molecule has 0 saturated heterocycles. The van der Waals surface area contributed by atoms with E-state index in [2.05, 4.69) is 10.4 Å². The third-order valence-electron chi connectivity index (χ3n) is 2.79. The highest BCUT2D eigenvalue weighted by molar-refractivity contribution is 5.70. The van der Waals surface area contributed by atoms with Crippen LogP contribution in [0, 0.1) is 0 Å². The van der Waals surface area contributed by atoms with Gasteiger partial charge in [-0.2, -0.15) is 5.10 Å². The summed E-state index contributed by atoms with van der Waals surface area (Å²) in [5.74, 6) is -0.803. The maximum atomic E-state index is 10.6. The molecule has 2 aromatic rings. The van der Waals surface area contributed by atoms with Gasteiger partial charge in [-0.05, 0) is 11.1 Å². The molecule has 1 aromatic heterocycles. The van der Waals surface area contributed by atoms with Gasteiger partial charge in [-0.15, -0.1) is 0 Å². The maximum absolute atomic E-state index is 10.6. The van der Waals surface area contributed by atoms with Crippen molar-refractivity contribution in [2.24, 2.45) is 7.05 Å². The van der Waals surface area contributed by atoms with Crippen molar-refractivity contribution in [3.8, 4) is 0 Å². The molecular formula is C14H17N3O2. The van der Waals surface area contributed by atoms with E-state index >= 15 is 0 Å². The summed E-state index contributed by atoms with van der Waals surface area (Å²) in [6.45, 7) is 1.52. The van der Waals surface area contributed by atoms with Crippen molar-refractivity contribution in [2.75, 3.05) is 0 Å². The number of hydrogen-bond acceptors (Lipinski definition) is 3. The zero-order chi connectivity index (χ0) is 13.7. The number of nitrogens with one attached hydrogen (secondary N) is 1. The summed E-state index contributed by atoms with van der Waals surface area (Å²) in [6, 6.07) is 7.62. The average Bonchev–Trinajstić information content (AvgIpc) is 2.77. The number of benzene rings is 1. The van der Waals surface area contributed by atoms with Gasteiger partial charge in [0.15, 0.2) is 0 Å². The van der Waals surface area contributed by atoms with Crippen LogP contribution < -0.4 is 5.32 Å². The summed E-state index contributed by atoms with van der Waals surface area (Å²) >= 11 is 0. The Morgan fingerprint density at radius 1 is 1.21 bits per heavy atom. The Morgan fingerprint density at radius 2 is 1.84 bits per heavy atom. The smallest absolute Gasteiger partial charge is 0.307 e. The molecule has 5 nitrogen and oxygen atoms in total. The first-order valence-corrected chi connectivity index (χ1v) is 6.11. The molecular weight excluding hydrogens is 242 g/mol. The minimum absolute atomic E-state index is 0.0728. The highest BCUT2D eigenvalue weighted by atomic mass is 16.4. The maximum Gasteiger partial charge on any atom is 0.307 e. The number of carboxylic acids is 1. The zero-order valence-corrected chi connectivity index (χ0v) is 10.8. The fraction of sp³-hybridized carbons (Fsp3) is 0.286. The molecule has 2 rings (SSSR count).